The summed E-state index contributed by atoms with van der Waals surface area (Å²) in [6.07, 6.45) is -4.49. The molecule has 1 aromatic heterocycles. The van der Waals surface area contributed by atoms with Crippen LogP contribution in [-0.4, -0.2) is 9.97 Å². The van der Waals surface area contributed by atoms with Gasteiger partial charge in [0.15, 0.2) is 0 Å². The van der Waals surface area contributed by atoms with Gasteiger partial charge in [-0.15, -0.1) is 0 Å². The van der Waals surface area contributed by atoms with E-state index < -0.39 is 12.0 Å². The van der Waals surface area contributed by atoms with Gasteiger partial charge < -0.3 is 9.71 Å². The van der Waals surface area contributed by atoms with Crippen molar-refractivity contribution in [2.24, 2.45) is 0 Å². The molecule has 0 saturated carbocycles. The Balaban J connectivity index is 1.82. The minimum absolute atomic E-state index is 0.270. The molecule has 1 heterocycles. The predicted octanol–water partition coefficient (Wildman–Crippen LogP) is 5.66. The second-order valence-electron chi connectivity index (χ2n) is 4.88. The van der Waals surface area contributed by atoms with Crippen molar-refractivity contribution < 1.29 is 13.2 Å². The number of hydrogen-bond acceptors (Lipinski definition) is 3. The summed E-state index contributed by atoms with van der Waals surface area (Å²) in [7, 11) is 0. The van der Waals surface area contributed by atoms with E-state index in [1.807, 2.05) is 19.1 Å². The Kier molecular flexibility index (Phi) is 4.16. The molecule has 0 fully saturated rings. The van der Waals surface area contributed by atoms with Crippen molar-refractivity contribution >= 4 is 40.3 Å². The lowest BCUT2D eigenvalue weighted by Gasteiger charge is -2.08. The van der Waals surface area contributed by atoms with E-state index in [1.165, 1.54) is 18.0 Å². The number of imidazole rings is 1. The van der Waals surface area contributed by atoms with E-state index >= 15 is 0 Å². The number of hydrogen-bond donors (Lipinski definition) is 2. The van der Waals surface area contributed by atoms with Crippen molar-refractivity contribution in [3.05, 3.63) is 52.8 Å². The number of halogens is 4. The number of nitrogens with one attached hydrogen (secondary N) is 2. The molecule has 23 heavy (non-hydrogen) atoms. The molecule has 0 atom stereocenters. The number of anilines is 1. The fraction of sp³-hybridized carbons (Fsp3) is 0.133. The Morgan fingerprint density at radius 1 is 1.22 bits per heavy atom. The van der Waals surface area contributed by atoms with Gasteiger partial charge >= 0.3 is 6.18 Å². The van der Waals surface area contributed by atoms with Gasteiger partial charge in [-0.05, 0) is 54.8 Å². The van der Waals surface area contributed by atoms with Gasteiger partial charge in [0.05, 0.1) is 11.0 Å². The number of benzene rings is 2. The smallest absolute Gasteiger partial charge is 0.334 e. The zero-order valence-corrected chi connectivity index (χ0v) is 13.4. The molecule has 0 bridgehead atoms. The minimum atomic E-state index is -4.49. The van der Waals surface area contributed by atoms with E-state index in [-0.39, 0.29) is 5.52 Å². The van der Waals surface area contributed by atoms with Crippen molar-refractivity contribution in [1.82, 2.24) is 9.97 Å². The number of fused-ring (bicyclic) bond motifs is 1. The lowest BCUT2D eigenvalue weighted by molar-refractivity contribution is -0.144. The summed E-state index contributed by atoms with van der Waals surface area (Å²) < 4.78 is 41.1. The van der Waals surface area contributed by atoms with E-state index in [0.29, 0.717) is 16.2 Å². The van der Waals surface area contributed by atoms with Crippen molar-refractivity contribution in [2.45, 2.75) is 18.0 Å². The highest BCUT2D eigenvalue weighted by Gasteiger charge is 2.34. The Bertz CT molecular complexity index is 861. The van der Waals surface area contributed by atoms with Crippen LogP contribution in [0.15, 0.2) is 41.3 Å². The number of rotatable bonds is 3. The molecule has 0 aliphatic heterocycles. The van der Waals surface area contributed by atoms with Crippen LogP contribution < -0.4 is 4.72 Å². The second kappa shape index (κ2) is 5.98. The van der Waals surface area contributed by atoms with E-state index in [4.69, 9.17) is 11.6 Å². The first kappa shape index (κ1) is 16.0. The second-order valence-corrected chi connectivity index (χ2v) is 6.14. The van der Waals surface area contributed by atoms with Gasteiger partial charge in [-0.1, -0.05) is 17.7 Å². The fourth-order valence-corrected chi connectivity index (χ4v) is 3.01. The summed E-state index contributed by atoms with van der Waals surface area (Å²) in [6, 6.07) is 10.4. The van der Waals surface area contributed by atoms with Gasteiger partial charge in [0.25, 0.3) is 0 Å². The Morgan fingerprint density at radius 3 is 2.74 bits per heavy atom. The third kappa shape index (κ3) is 3.40. The molecule has 0 radical (unpaired) electrons. The molecular formula is C15H11ClF3N3S. The van der Waals surface area contributed by atoms with Gasteiger partial charge in [0.2, 0.25) is 5.82 Å². The topological polar surface area (TPSA) is 40.7 Å². The van der Waals surface area contributed by atoms with Crippen LogP contribution in [0.1, 0.15) is 11.4 Å². The number of alkyl halides is 3. The number of aromatic amines is 1. The lowest BCUT2D eigenvalue weighted by Crippen LogP contribution is -2.06. The van der Waals surface area contributed by atoms with Crippen LogP contribution in [0.2, 0.25) is 5.02 Å². The van der Waals surface area contributed by atoms with Gasteiger partial charge in [0.1, 0.15) is 0 Å². The molecule has 0 amide bonds. The number of aromatic nitrogens is 2. The molecule has 8 heteroatoms. The zero-order valence-electron chi connectivity index (χ0n) is 11.8. The van der Waals surface area contributed by atoms with Gasteiger partial charge in [-0.25, -0.2) is 4.98 Å². The van der Waals surface area contributed by atoms with Crippen molar-refractivity contribution in [3.63, 3.8) is 0 Å². The maximum atomic E-state index is 12.7. The highest BCUT2D eigenvalue weighted by molar-refractivity contribution is 8.00. The Labute approximate surface area is 139 Å². The molecule has 0 aliphatic carbocycles. The molecule has 120 valence electrons. The SMILES string of the molecule is Cc1c(Cl)cccc1SNc1ccc2nc(C(F)(F)F)[nH]c2c1. The molecule has 3 nitrogen and oxygen atoms in total. The van der Waals surface area contributed by atoms with Crippen LogP contribution in [-0.2, 0) is 6.18 Å². The third-order valence-corrected chi connectivity index (χ3v) is 4.66. The molecule has 0 saturated heterocycles. The molecule has 3 rings (SSSR count). The zero-order chi connectivity index (χ0) is 16.6. The van der Waals surface area contributed by atoms with Crippen molar-refractivity contribution in [2.75, 3.05) is 4.72 Å². The van der Waals surface area contributed by atoms with E-state index in [2.05, 4.69) is 14.7 Å². The summed E-state index contributed by atoms with van der Waals surface area (Å²) in [5.74, 6) is -0.997. The summed E-state index contributed by atoms with van der Waals surface area (Å²) in [5.41, 5.74) is 2.20. The van der Waals surface area contributed by atoms with Crippen LogP contribution >= 0.6 is 23.5 Å². The standard InChI is InChI=1S/C15H11ClF3N3S/c1-8-10(16)3-2-4-13(8)23-22-9-5-6-11-12(7-9)21-14(20-11)15(17,18)19/h2-7,22H,1H3,(H,20,21). The fourth-order valence-electron chi connectivity index (χ4n) is 2.02. The summed E-state index contributed by atoms with van der Waals surface area (Å²) >= 11 is 7.40. The van der Waals surface area contributed by atoms with Crippen molar-refractivity contribution in [3.8, 4) is 0 Å². The Morgan fingerprint density at radius 2 is 2.00 bits per heavy atom. The third-order valence-electron chi connectivity index (χ3n) is 3.25. The summed E-state index contributed by atoms with van der Waals surface area (Å²) in [6.45, 7) is 1.90. The van der Waals surface area contributed by atoms with Gasteiger partial charge in [-0.3, -0.25) is 0 Å². The first-order chi connectivity index (χ1) is 10.8. The quantitative estimate of drug-likeness (QED) is 0.594. The monoisotopic (exact) mass is 357 g/mol. The van der Waals surface area contributed by atoms with Crippen LogP contribution in [0.4, 0.5) is 18.9 Å². The molecule has 3 aromatic rings. The molecule has 0 unspecified atom stereocenters. The summed E-state index contributed by atoms with van der Waals surface area (Å²) in [5, 5.41) is 0.663. The van der Waals surface area contributed by atoms with E-state index in [9.17, 15) is 13.2 Å². The molecular weight excluding hydrogens is 347 g/mol. The summed E-state index contributed by atoms with van der Waals surface area (Å²) in [4.78, 5) is 6.77. The first-order valence-corrected chi connectivity index (χ1v) is 7.79. The predicted molar refractivity (Wildman–Crippen MR) is 86.8 cm³/mol. The molecule has 0 spiro atoms. The average Bonchev–Trinajstić information content (AvgIpc) is 2.92. The van der Waals surface area contributed by atoms with Crippen LogP contribution in [0, 0.1) is 6.92 Å². The lowest BCUT2D eigenvalue weighted by atomic mass is 10.2. The normalized spacial score (nSPS) is 11.9. The van der Waals surface area contributed by atoms with E-state index in [0.717, 1.165) is 10.5 Å². The largest absolute Gasteiger partial charge is 0.449 e. The molecule has 2 aromatic carbocycles. The van der Waals surface area contributed by atoms with Crippen LogP contribution in [0.3, 0.4) is 0 Å². The maximum absolute atomic E-state index is 12.7. The van der Waals surface area contributed by atoms with Crippen LogP contribution in [0.25, 0.3) is 11.0 Å². The number of H-pyrrole nitrogens is 1. The molecule has 2 N–H and O–H groups in total. The van der Waals surface area contributed by atoms with Gasteiger partial charge in [-0.2, -0.15) is 13.2 Å². The van der Waals surface area contributed by atoms with E-state index in [1.54, 1.807) is 18.2 Å². The first-order valence-electron chi connectivity index (χ1n) is 6.59. The number of nitrogens with zero attached hydrogens (tertiary/aromatic N) is 1. The highest BCUT2D eigenvalue weighted by Crippen LogP contribution is 2.31. The Hall–Kier alpha value is -1.86. The average molecular weight is 358 g/mol. The molecule has 0 aliphatic rings. The highest BCUT2D eigenvalue weighted by atomic mass is 35.5. The minimum Gasteiger partial charge on any atom is -0.334 e. The van der Waals surface area contributed by atoms with Crippen LogP contribution in [0.5, 0.6) is 0 Å². The maximum Gasteiger partial charge on any atom is 0.449 e. The van der Waals surface area contributed by atoms with Crippen molar-refractivity contribution in [1.29, 1.82) is 0 Å². The van der Waals surface area contributed by atoms with Gasteiger partial charge in [0, 0.05) is 15.6 Å².